The van der Waals surface area contributed by atoms with E-state index in [0.29, 0.717) is 22.4 Å². The molecule has 0 radical (unpaired) electrons. The zero-order valence-corrected chi connectivity index (χ0v) is 9.44. The van der Waals surface area contributed by atoms with Crippen LogP contribution in [0.3, 0.4) is 0 Å². The van der Waals surface area contributed by atoms with Crippen LogP contribution in [0, 0.1) is 6.92 Å². The molecule has 0 aliphatic carbocycles. The topological polar surface area (TPSA) is 51.6 Å². The number of rotatable bonds is 2. The van der Waals surface area contributed by atoms with Crippen LogP contribution in [0.4, 0.5) is 0 Å². The number of methoxy groups -OCH3 is 2. The number of nitrogens with zero attached hydrogens (tertiary/aromatic N) is 1. The van der Waals surface area contributed by atoms with E-state index in [2.05, 4.69) is 4.98 Å². The number of hydrogen-bond donors (Lipinski definition) is 1. The molecule has 4 heteroatoms. The Hall–Kier alpha value is -1.97. The van der Waals surface area contributed by atoms with Crippen LogP contribution >= 0.6 is 0 Å². The molecule has 1 aromatic carbocycles. The number of hydrogen-bond acceptors (Lipinski definition) is 4. The normalized spacial score (nSPS) is 10.4. The molecule has 0 atom stereocenters. The van der Waals surface area contributed by atoms with Gasteiger partial charge in [0.2, 0.25) is 0 Å². The molecule has 2 aromatic rings. The van der Waals surface area contributed by atoms with Gasteiger partial charge in [0.1, 0.15) is 22.8 Å². The van der Waals surface area contributed by atoms with Gasteiger partial charge in [0.15, 0.2) is 0 Å². The number of aromatic hydroxyl groups is 1. The summed E-state index contributed by atoms with van der Waals surface area (Å²) in [7, 11) is 3.13. The summed E-state index contributed by atoms with van der Waals surface area (Å²) in [4.78, 5) is 4.34. The first-order valence-corrected chi connectivity index (χ1v) is 4.88. The average molecular weight is 219 g/mol. The molecule has 1 aromatic heterocycles. The molecule has 0 aliphatic rings. The Morgan fingerprint density at radius 1 is 1.12 bits per heavy atom. The first-order chi connectivity index (χ1) is 7.65. The van der Waals surface area contributed by atoms with Crippen molar-refractivity contribution in [2.24, 2.45) is 0 Å². The standard InChI is InChI=1S/C12H13NO3/c1-7-4-10(14)9-5-8(15-2)6-11(16-3)12(9)13-7/h4-6H,1-3H3,(H,13,14). The van der Waals surface area contributed by atoms with Gasteiger partial charge in [0.25, 0.3) is 0 Å². The lowest BCUT2D eigenvalue weighted by Gasteiger charge is -2.09. The second-order valence-corrected chi connectivity index (χ2v) is 3.51. The molecule has 0 spiro atoms. The highest BCUT2D eigenvalue weighted by Crippen LogP contribution is 2.34. The van der Waals surface area contributed by atoms with E-state index in [0.717, 1.165) is 5.69 Å². The highest BCUT2D eigenvalue weighted by atomic mass is 16.5. The smallest absolute Gasteiger partial charge is 0.148 e. The molecule has 0 bridgehead atoms. The minimum Gasteiger partial charge on any atom is -0.507 e. The lowest BCUT2D eigenvalue weighted by atomic mass is 10.1. The quantitative estimate of drug-likeness (QED) is 0.841. The maximum Gasteiger partial charge on any atom is 0.148 e. The third kappa shape index (κ3) is 1.62. The summed E-state index contributed by atoms with van der Waals surface area (Å²) in [6.45, 7) is 1.82. The lowest BCUT2D eigenvalue weighted by molar-refractivity contribution is 0.396. The van der Waals surface area contributed by atoms with Crippen LogP contribution < -0.4 is 9.47 Å². The summed E-state index contributed by atoms with van der Waals surface area (Å²) in [6.07, 6.45) is 0. The van der Waals surface area contributed by atoms with Gasteiger partial charge in [-0.2, -0.15) is 0 Å². The van der Waals surface area contributed by atoms with Gasteiger partial charge in [-0.3, -0.25) is 0 Å². The van der Waals surface area contributed by atoms with E-state index in [1.54, 1.807) is 32.4 Å². The molecule has 0 saturated heterocycles. The molecule has 0 amide bonds. The van der Waals surface area contributed by atoms with Gasteiger partial charge in [-0.15, -0.1) is 0 Å². The zero-order chi connectivity index (χ0) is 11.7. The Kier molecular flexibility index (Phi) is 2.56. The van der Waals surface area contributed by atoms with E-state index >= 15 is 0 Å². The highest BCUT2D eigenvalue weighted by Gasteiger charge is 2.10. The van der Waals surface area contributed by atoms with Crippen molar-refractivity contribution in [3.05, 3.63) is 23.9 Å². The third-order valence-electron chi connectivity index (χ3n) is 2.41. The van der Waals surface area contributed by atoms with Crippen molar-refractivity contribution in [1.82, 2.24) is 4.98 Å². The van der Waals surface area contributed by atoms with E-state index in [1.165, 1.54) is 0 Å². The Labute approximate surface area is 93.4 Å². The molecular weight excluding hydrogens is 206 g/mol. The summed E-state index contributed by atoms with van der Waals surface area (Å²) in [6, 6.07) is 5.09. The molecule has 0 aliphatic heterocycles. The zero-order valence-electron chi connectivity index (χ0n) is 9.44. The van der Waals surface area contributed by atoms with E-state index in [1.807, 2.05) is 6.92 Å². The summed E-state index contributed by atoms with van der Waals surface area (Å²) in [5.41, 5.74) is 1.38. The van der Waals surface area contributed by atoms with Crippen LogP contribution in [0.1, 0.15) is 5.69 Å². The molecule has 1 N–H and O–H groups in total. The van der Waals surface area contributed by atoms with Crippen LogP contribution in [0.5, 0.6) is 17.2 Å². The highest BCUT2D eigenvalue weighted by molar-refractivity contribution is 5.91. The molecule has 16 heavy (non-hydrogen) atoms. The number of aromatic nitrogens is 1. The number of fused-ring (bicyclic) bond motifs is 1. The largest absolute Gasteiger partial charge is 0.507 e. The van der Waals surface area contributed by atoms with E-state index < -0.39 is 0 Å². The second kappa shape index (κ2) is 3.89. The Morgan fingerprint density at radius 3 is 2.50 bits per heavy atom. The van der Waals surface area contributed by atoms with Crippen molar-refractivity contribution in [2.75, 3.05) is 14.2 Å². The fourth-order valence-corrected chi connectivity index (χ4v) is 1.65. The molecule has 1 heterocycles. The third-order valence-corrected chi connectivity index (χ3v) is 2.41. The molecule has 0 unspecified atom stereocenters. The summed E-state index contributed by atoms with van der Waals surface area (Å²) >= 11 is 0. The predicted octanol–water partition coefficient (Wildman–Crippen LogP) is 2.27. The first kappa shape index (κ1) is 10.5. The molecule has 84 valence electrons. The van der Waals surface area contributed by atoms with Gasteiger partial charge in [0, 0.05) is 23.2 Å². The molecule has 4 nitrogen and oxygen atoms in total. The van der Waals surface area contributed by atoms with Crippen molar-refractivity contribution in [2.45, 2.75) is 6.92 Å². The molecule has 0 saturated carbocycles. The van der Waals surface area contributed by atoms with Crippen LogP contribution in [0.2, 0.25) is 0 Å². The number of aryl methyl sites for hydroxylation is 1. The van der Waals surface area contributed by atoms with Crippen molar-refractivity contribution in [3.8, 4) is 17.2 Å². The van der Waals surface area contributed by atoms with Gasteiger partial charge in [-0.1, -0.05) is 0 Å². The average Bonchev–Trinajstić information content (AvgIpc) is 2.28. The Bertz CT molecular complexity index is 537. The lowest BCUT2D eigenvalue weighted by Crippen LogP contribution is -1.92. The Balaban J connectivity index is 2.83. The molecule has 0 fully saturated rings. The van der Waals surface area contributed by atoms with Crippen LogP contribution in [0.15, 0.2) is 18.2 Å². The van der Waals surface area contributed by atoms with Crippen LogP contribution in [0.25, 0.3) is 10.9 Å². The van der Waals surface area contributed by atoms with Crippen LogP contribution in [-0.2, 0) is 0 Å². The first-order valence-electron chi connectivity index (χ1n) is 4.88. The minimum atomic E-state index is 0.180. The van der Waals surface area contributed by atoms with E-state index in [4.69, 9.17) is 9.47 Å². The monoisotopic (exact) mass is 219 g/mol. The van der Waals surface area contributed by atoms with Gasteiger partial charge in [0.05, 0.1) is 14.2 Å². The summed E-state index contributed by atoms with van der Waals surface area (Å²) in [5.74, 6) is 1.40. The maximum absolute atomic E-state index is 9.84. The van der Waals surface area contributed by atoms with Gasteiger partial charge >= 0.3 is 0 Å². The van der Waals surface area contributed by atoms with Gasteiger partial charge < -0.3 is 14.6 Å². The minimum absolute atomic E-state index is 0.180. The fraction of sp³-hybridized carbons (Fsp3) is 0.250. The molecular formula is C12H13NO3. The van der Waals surface area contributed by atoms with E-state index in [9.17, 15) is 5.11 Å². The number of ether oxygens (including phenoxy) is 2. The SMILES string of the molecule is COc1cc(OC)c2nc(C)cc(O)c2c1. The summed E-state index contributed by atoms with van der Waals surface area (Å²) < 4.78 is 10.4. The van der Waals surface area contributed by atoms with Crippen molar-refractivity contribution in [1.29, 1.82) is 0 Å². The van der Waals surface area contributed by atoms with Crippen molar-refractivity contribution < 1.29 is 14.6 Å². The number of benzene rings is 1. The predicted molar refractivity (Wildman–Crippen MR) is 61.2 cm³/mol. The van der Waals surface area contributed by atoms with Gasteiger partial charge in [-0.25, -0.2) is 4.98 Å². The van der Waals surface area contributed by atoms with Crippen LogP contribution in [-0.4, -0.2) is 24.3 Å². The van der Waals surface area contributed by atoms with Crippen molar-refractivity contribution >= 4 is 10.9 Å². The van der Waals surface area contributed by atoms with Gasteiger partial charge in [-0.05, 0) is 13.0 Å². The van der Waals surface area contributed by atoms with E-state index in [-0.39, 0.29) is 5.75 Å². The molecule has 2 rings (SSSR count). The fourth-order valence-electron chi connectivity index (χ4n) is 1.65. The van der Waals surface area contributed by atoms with Crippen molar-refractivity contribution in [3.63, 3.8) is 0 Å². The summed E-state index contributed by atoms with van der Waals surface area (Å²) in [5, 5.41) is 10.5. The second-order valence-electron chi connectivity index (χ2n) is 3.51. The number of pyridine rings is 1. The maximum atomic E-state index is 9.84. The Morgan fingerprint density at radius 2 is 1.88 bits per heavy atom.